The van der Waals surface area contributed by atoms with E-state index in [0.717, 1.165) is 26.1 Å². The van der Waals surface area contributed by atoms with Crippen LogP contribution in [0.2, 0.25) is 0 Å². The van der Waals surface area contributed by atoms with Crippen molar-refractivity contribution in [1.29, 1.82) is 0 Å². The first-order valence-corrected chi connectivity index (χ1v) is 6.50. The zero-order valence-electron chi connectivity index (χ0n) is 9.21. The average molecular weight is 206 g/mol. The van der Waals surface area contributed by atoms with Gasteiger partial charge in [-0.25, -0.2) is 0 Å². The van der Waals surface area contributed by atoms with Crippen LogP contribution in [0.4, 0.5) is 0 Å². The summed E-state index contributed by atoms with van der Waals surface area (Å²) >= 11 is 0. The van der Waals surface area contributed by atoms with Crippen molar-refractivity contribution in [3.05, 3.63) is 0 Å². The predicted octanol–water partition coefficient (Wildman–Crippen LogP) is 1.98. The fourth-order valence-corrected chi connectivity index (χ4v) is 2.33. The standard InChI is InChI=1S/C9H22O3Si/c1-5-7-10-13(11-8-6-2)12-9(3)4/h9,13H,5-8H2,1-4H3. The zero-order valence-corrected chi connectivity index (χ0v) is 10.4. The molecule has 80 valence electrons. The van der Waals surface area contributed by atoms with Crippen molar-refractivity contribution < 1.29 is 13.3 Å². The van der Waals surface area contributed by atoms with Gasteiger partial charge in [-0.3, -0.25) is 0 Å². The van der Waals surface area contributed by atoms with E-state index in [4.69, 9.17) is 13.3 Å². The van der Waals surface area contributed by atoms with E-state index in [0.29, 0.717) is 0 Å². The molecule has 0 rings (SSSR count). The molecule has 0 N–H and O–H groups in total. The van der Waals surface area contributed by atoms with Crippen molar-refractivity contribution in [3.8, 4) is 0 Å². The Morgan fingerprint density at radius 3 is 1.77 bits per heavy atom. The summed E-state index contributed by atoms with van der Waals surface area (Å²) in [5.41, 5.74) is 0. The van der Waals surface area contributed by atoms with Gasteiger partial charge in [0.05, 0.1) is 0 Å². The molecule has 0 bridgehead atoms. The lowest BCUT2D eigenvalue weighted by Gasteiger charge is -2.18. The van der Waals surface area contributed by atoms with Gasteiger partial charge >= 0.3 is 9.53 Å². The van der Waals surface area contributed by atoms with Crippen LogP contribution in [0, 0.1) is 0 Å². The van der Waals surface area contributed by atoms with Crippen LogP contribution in [0.3, 0.4) is 0 Å². The highest BCUT2D eigenvalue weighted by atomic mass is 28.3. The van der Waals surface area contributed by atoms with E-state index in [1.165, 1.54) is 0 Å². The molecule has 0 aliphatic rings. The lowest BCUT2D eigenvalue weighted by atomic mass is 10.5. The second-order valence-electron chi connectivity index (χ2n) is 3.22. The number of hydrogen-bond acceptors (Lipinski definition) is 3. The molecule has 0 spiro atoms. The molecular weight excluding hydrogens is 184 g/mol. The van der Waals surface area contributed by atoms with Crippen molar-refractivity contribution in [2.75, 3.05) is 13.2 Å². The number of hydrogen-bond donors (Lipinski definition) is 0. The molecule has 0 aromatic heterocycles. The smallest absolute Gasteiger partial charge is 0.376 e. The fraction of sp³-hybridized carbons (Fsp3) is 1.00. The maximum atomic E-state index is 5.55. The zero-order chi connectivity index (χ0) is 10.1. The van der Waals surface area contributed by atoms with E-state index in [2.05, 4.69) is 13.8 Å². The molecule has 0 saturated heterocycles. The van der Waals surface area contributed by atoms with Crippen molar-refractivity contribution in [3.63, 3.8) is 0 Å². The summed E-state index contributed by atoms with van der Waals surface area (Å²) < 4.78 is 16.5. The Morgan fingerprint density at radius 2 is 1.46 bits per heavy atom. The minimum atomic E-state index is -1.83. The molecule has 0 fully saturated rings. The summed E-state index contributed by atoms with van der Waals surface area (Å²) in [6, 6.07) is 0. The van der Waals surface area contributed by atoms with Crippen LogP contribution in [-0.4, -0.2) is 28.8 Å². The second kappa shape index (κ2) is 8.68. The highest BCUT2D eigenvalue weighted by molar-refractivity contribution is 6.36. The Labute approximate surface area is 83.3 Å². The molecule has 0 radical (unpaired) electrons. The van der Waals surface area contributed by atoms with E-state index in [9.17, 15) is 0 Å². The van der Waals surface area contributed by atoms with Gasteiger partial charge in [0.2, 0.25) is 0 Å². The summed E-state index contributed by atoms with van der Waals surface area (Å²) in [5, 5.41) is 0. The molecule has 0 aliphatic carbocycles. The molecule has 0 aliphatic heterocycles. The monoisotopic (exact) mass is 206 g/mol. The van der Waals surface area contributed by atoms with Gasteiger partial charge in [-0.15, -0.1) is 0 Å². The summed E-state index contributed by atoms with van der Waals surface area (Å²) in [5.74, 6) is 0. The SMILES string of the molecule is CCCO[SiH](OCCC)OC(C)C. The lowest BCUT2D eigenvalue weighted by molar-refractivity contribution is 0.0700. The Morgan fingerprint density at radius 1 is 1.00 bits per heavy atom. The highest BCUT2D eigenvalue weighted by Crippen LogP contribution is 1.99. The summed E-state index contributed by atoms with van der Waals surface area (Å²) in [6.07, 6.45) is 2.23. The largest absolute Gasteiger partial charge is 0.484 e. The van der Waals surface area contributed by atoms with Gasteiger partial charge in [0.1, 0.15) is 0 Å². The Bertz CT molecular complexity index is 101. The molecule has 0 aromatic rings. The number of rotatable bonds is 8. The van der Waals surface area contributed by atoms with Crippen LogP contribution >= 0.6 is 0 Å². The van der Waals surface area contributed by atoms with E-state index in [-0.39, 0.29) is 6.10 Å². The van der Waals surface area contributed by atoms with Crippen LogP contribution in [0.25, 0.3) is 0 Å². The first-order chi connectivity index (χ1) is 6.20. The van der Waals surface area contributed by atoms with Crippen molar-refractivity contribution in [2.24, 2.45) is 0 Å². The molecule has 0 aromatic carbocycles. The highest BCUT2D eigenvalue weighted by Gasteiger charge is 2.15. The van der Waals surface area contributed by atoms with Crippen LogP contribution < -0.4 is 0 Å². The van der Waals surface area contributed by atoms with Gasteiger partial charge in [-0.1, -0.05) is 13.8 Å². The molecular formula is C9H22O3Si. The Kier molecular flexibility index (Phi) is 8.75. The second-order valence-corrected chi connectivity index (χ2v) is 4.73. The quantitative estimate of drug-likeness (QED) is 0.568. The molecule has 0 unspecified atom stereocenters. The van der Waals surface area contributed by atoms with Gasteiger partial charge in [-0.2, -0.15) is 0 Å². The third-order valence-corrected chi connectivity index (χ3v) is 3.08. The lowest BCUT2D eigenvalue weighted by Crippen LogP contribution is -2.30. The maximum Gasteiger partial charge on any atom is 0.484 e. The van der Waals surface area contributed by atoms with Gasteiger partial charge in [0, 0.05) is 19.3 Å². The first kappa shape index (κ1) is 13.1. The molecule has 0 heterocycles. The van der Waals surface area contributed by atoms with E-state index >= 15 is 0 Å². The third-order valence-electron chi connectivity index (χ3n) is 1.30. The first-order valence-electron chi connectivity index (χ1n) is 5.09. The van der Waals surface area contributed by atoms with E-state index in [1.54, 1.807) is 0 Å². The summed E-state index contributed by atoms with van der Waals surface area (Å²) in [6.45, 7) is 9.66. The van der Waals surface area contributed by atoms with Gasteiger partial charge < -0.3 is 13.3 Å². The summed E-state index contributed by atoms with van der Waals surface area (Å²) in [4.78, 5) is 0. The minimum Gasteiger partial charge on any atom is -0.376 e. The van der Waals surface area contributed by atoms with Crippen molar-refractivity contribution in [1.82, 2.24) is 0 Å². The van der Waals surface area contributed by atoms with Crippen LogP contribution in [0.15, 0.2) is 0 Å². The van der Waals surface area contributed by atoms with Crippen molar-refractivity contribution >= 4 is 9.53 Å². The van der Waals surface area contributed by atoms with Gasteiger partial charge in [0.15, 0.2) is 0 Å². The average Bonchev–Trinajstić information content (AvgIpc) is 2.09. The Balaban J connectivity index is 3.60. The van der Waals surface area contributed by atoms with E-state index in [1.807, 2.05) is 13.8 Å². The van der Waals surface area contributed by atoms with Crippen LogP contribution in [-0.2, 0) is 13.3 Å². The van der Waals surface area contributed by atoms with Gasteiger partial charge in [-0.05, 0) is 26.7 Å². The van der Waals surface area contributed by atoms with Gasteiger partial charge in [0.25, 0.3) is 0 Å². The summed E-state index contributed by atoms with van der Waals surface area (Å²) in [7, 11) is -1.83. The molecule has 0 saturated carbocycles. The predicted molar refractivity (Wildman–Crippen MR) is 55.9 cm³/mol. The molecule has 4 heteroatoms. The minimum absolute atomic E-state index is 0.199. The Hall–Kier alpha value is 0.0969. The molecule has 0 atom stereocenters. The maximum absolute atomic E-state index is 5.55. The normalized spacial score (nSPS) is 11.5. The topological polar surface area (TPSA) is 27.7 Å². The van der Waals surface area contributed by atoms with Crippen molar-refractivity contribution in [2.45, 2.75) is 46.6 Å². The third kappa shape index (κ3) is 8.43. The van der Waals surface area contributed by atoms with Crippen LogP contribution in [0.5, 0.6) is 0 Å². The molecule has 0 amide bonds. The fourth-order valence-electron chi connectivity index (χ4n) is 0.777. The van der Waals surface area contributed by atoms with E-state index < -0.39 is 9.53 Å². The molecule has 13 heavy (non-hydrogen) atoms. The van der Waals surface area contributed by atoms with Crippen LogP contribution in [0.1, 0.15) is 40.5 Å². The molecule has 3 nitrogen and oxygen atoms in total.